The molecular formula is C32H41N5O6. The van der Waals surface area contributed by atoms with E-state index in [1.807, 2.05) is 43.7 Å². The number of nitrogens with zero attached hydrogens (tertiary/aromatic N) is 4. The van der Waals surface area contributed by atoms with Crippen LogP contribution in [0.3, 0.4) is 0 Å². The molecule has 1 N–H and O–H groups in total. The lowest BCUT2D eigenvalue weighted by molar-refractivity contribution is -0.0384. The molecule has 2 fully saturated rings. The molecule has 1 aromatic carbocycles. The summed E-state index contributed by atoms with van der Waals surface area (Å²) in [6.45, 7) is 8.13. The number of methoxy groups -OCH3 is 1. The molecule has 2 saturated heterocycles. The Morgan fingerprint density at radius 3 is 2.60 bits per heavy atom. The predicted molar refractivity (Wildman–Crippen MR) is 161 cm³/mol. The van der Waals surface area contributed by atoms with Crippen LogP contribution < -0.4 is 14.8 Å². The largest absolute Gasteiger partial charge is 0.494 e. The number of ether oxygens (including phenoxy) is 4. The smallest absolute Gasteiger partial charge is 0.410 e. The van der Waals surface area contributed by atoms with E-state index in [1.165, 1.54) is 0 Å². The number of benzene rings is 1. The van der Waals surface area contributed by atoms with E-state index in [0.29, 0.717) is 55.1 Å². The third kappa shape index (κ3) is 7.84. The number of carbonyl (C=O) groups is 2. The molecule has 1 unspecified atom stereocenters. The van der Waals surface area contributed by atoms with Crippen molar-refractivity contribution in [2.24, 2.45) is 5.92 Å². The molecule has 4 heterocycles. The Morgan fingerprint density at radius 1 is 1.07 bits per heavy atom. The monoisotopic (exact) mass is 591 g/mol. The highest BCUT2D eigenvalue weighted by Crippen LogP contribution is 2.31. The summed E-state index contributed by atoms with van der Waals surface area (Å²) >= 11 is 0. The number of nitrogens with one attached hydrogen (secondary N) is 1. The van der Waals surface area contributed by atoms with Crippen molar-refractivity contribution < 1.29 is 28.5 Å². The summed E-state index contributed by atoms with van der Waals surface area (Å²) in [6.07, 6.45) is 6.03. The molecule has 1 atom stereocenters. The summed E-state index contributed by atoms with van der Waals surface area (Å²) in [4.78, 5) is 31.9. The van der Waals surface area contributed by atoms with Gasteiger partial charge in [0.1, 0.15) is 22.8 Å². The summed E-state index contributed by atoms with van der Waals surface area (Å²) in [6, 6.07) is 12.6. The number of amides is 2. The Kier molecular flexibility index (Phi) is 9.49. The first-order chi connectivity index (χ1) is 20.7. The van der Waals surface area contributed by atoms with E-state index in [2.05, 4.69) is 15.4 Å². The second-order valence-electron chi connectivity index (χ2n) is 11.9. The number of carbonyl (C=O) groups excluding carboxylic acids is 2. The highest BCUT2D eigenvalue weighted by atomic mass is 16.6. The van der Waals surface area contributed by atoms with Crippen molar-refractivity contribution in [3.8, 4) is 22.9 Å². The number of piperidine rings is 1. The molecule has 0 aliphatic carbocycles. The number of rotatable bonds is 8. The van der Waals surface area contributed by atoms with E-state index in [0.717, 1.165) is 37.8 Å². The van der Waals surface area contributed by atoms with Crippen molar-refractivity contribution in [3.63, 3.8) is 0 Å². The Balaban J connectivity index is 1.17. The van der Waals surface area contributed by atoms with Crippen molar-refractivity contribution in [2.75, 3.05) is 38.7 Å². The maximum Gasteiger partial charge on any atom is 0.410 e. The number of hydrogen-bond donors (Lipinski definition) is 1. The van der Waals surface area contributed by atoms with E-state index >= 15 is 0 Å². The predicted octanol–water partition coefficient (Wildman–Crippen LogP) is 5.93. The fourth-order valence-corrected chi connectivity index (χ4v) is 5.24. The zero-order valence-corrected chi connectivity index (χ0v) is 25.4. The van der Waals surface area contributed by atoms with Crippen molar-refractivity contribution in [2.45, 2.75) is 64.7 Å². The van der Waals surface area contributed by atoms with Gasteiger partial charge in [0.2, 0.25) is 0 Å². The van der Waals surface area contributed by atoms with Gasteiger partial charge in [-0.05, 0) is 89.1 Å². The zero-order chi connectivity index (χ0) is 30.4. The first-order valence-corrected chi connectivity index (χ1v) is 14.9. The molecule has 3 aromatic rings. The van der Waals surface area contributed by atoms with Gasteiger partial charge in [-0.1, -0.05) is 6.07 Å². The molecule has 0 bridgehead atoms. The van der Waals surface area contributed by atoms with Crippen LogP contribution in [-0.2, 0) is 9.47 Å². The van der Waals surface area contributed by atoms with Gasteiger partial charge in [0, 0.05) is 32.0 Å². The molecule has 0 spiro atoms. The average Bonchev–Trinajstić information content (AvgIpc) is 3.51. The van der Waals surface area contributed by atoms with E-state index in [4.69, 9.17) is 18.9 Å². The first kappa shape index (κ1) is 30.3. The van der Waals surface area contributed by atoms with Crippen LogP contribution in [0.2, 0.25) is 0 Å². The average molecular weight is 592 g/mol. The second kappa shape index (κ2) is 13.5. The highest BCUT2D eigenvalue weighted by Gasteiger charge is 2.27. The Bertz CT molecular complexity index is 1400. The standard InChI is InChI=1S/C32H41N5O6/c1-32(2,3)43-31(39)36-17-14-22(15-18-36)21-42-23-11-12-25(28(20-23)40-4)35-30(38)26-9-7-8-24(34-26)27-13-16-33-37(27)29-10-5-6-19-41-29/h7-9,11-13,16,20,22,29H,5-6,10,14-15,17-19,21H2,1-4H3,(H,35,38). The summed E-state index contributed by atoms with van der Waals surface area (Å²) in [5.41, 5.74) is 1.73. The van der Waals surface area contributed by atoms with Gasteiger partial charge < -0.3 is 29.2 Å². The van der Waals surface area contributed by atoms with Gasteiger partial charge in [-0.2, -0.15) is 5.10 Å². The minimum absolute atomic E-state index is 0.131. The van der Waals surface area contributed by atoms with Crippen LogP contribution in [0.25, 0.3) is 11.4 Å². The van der Waals surface area contributed by atoms with Gasteiger partial charge >= 0.3 is 6.09 Å². The molecule has 2 aromatic heterocycles. The molecule has 2 aliphatic rings. The molecule has 5 rings (SSSR count). The van der Waals surface area contributed by atoms with Gasteiger partial charge in [0.15, 0.2) is 6.23 Å². The summed E-state index contributed by atoms with van der Waals surface area (Å²) < 4.78 is 24.9. The second-order valence-corrected chi connectivity index (χ2v) is 11.9. The lowest BCUT2D eigenvalue weighted by atomic mass is 9.98. The lowest BCUT2D eigenvalue weighted by Crippen LogP contribution is -2.42. The summed E-state index contributed by atoms with van der Waals surface area (Å²) in [7, 11) is 1.55. The fourth-order valence-electron chi connectivity index (χ4n) is 5.24. The molecule has 2 amide bonds. The molecule has 0 radical (unpaired) electrons. The normalized spacial score (nSPS) is 17.8. The fraction of sp³-hybridized carbons (Fsp3) is 0.500. The van der Waals surface area contributed by atoms with Crippen molar-refractivity contribution in [3.05, 3.63) is 54.4 Å². The maximum atomic E-state index is 13.2. The van der Waals surface area contributed by atoms with Crippen LogP contribution in [0.4, 0.5) is 10.5 Å². The van der Waals surface area contributed by atoms with Crippen LogP contribution in [0.1, 0.15) is 69.6 Å². The van der Waals surface area contributed by atoms with Crippen LogP contribution >= 0.6 is 0 Å². The van der Waals surface area contributed by atoms with Crippen molar-refractivity contribution in [1.29, 1.82) is 0 Å². The Labute approximate surface area is 252 Å². The minimum atomic E-state index is -0.503. The first-order valence-electron chi connectivity index (χ1n) is 14.9. The lowest BCUT2D eigenvalue weighted by Gasteiger charge is -2.33. The quantitative estimate of drug-likeness (QED) is 0.343. The van der Waals surface area contributed by atoms with Crippen molar-refractivity contribution >= 4 is 17.7 Å². The number of anilines is 1. The minimum Gasteiger partial charge on any atom is -0.494 e. The van der Waals surface area contributed by atoms with Crippen LogP contribution in [-0.4, -0.2) is 70.7 Å². The summed E-state index contributed by atoms with van der Waals surface area (Å²) in [5.74, 6) is 1.09. The van der Waals surface area contributed by atoms with E-state index in [1.54, 1.807) is 42.5 Å². The van der Waals surface area contributed by atoms with Gasteiger partial charge in [0.25, 0.3) is 5.91 Å². The third-order valence-electron chi connectivity index (χ3n) is 7.52. The molecule has 230 valence electrons. The van der Waals surface area contributed by atoms with E-state index < -0.39 is 5.60 Å². The van der Waals surface area contributed by atoms with Gasteiger partial charge in [0.05, 0.1) is 30.8 Å². The Hall–Kier alpha value is -4.12. The van der Waals surface area contributed by atoms with Crippen LogP contribution in [0.15, 0.2) is 48.7 Å². The number of hydrogen-bond acceptors (Lipinski definition) is 8. The topological polar surface area (TPSA) is 117 Å². The van der Waals surface area contributed by atoms with E-state index in [-0.39, 0.29) is 23.9 Å². The number of pyridine rings is 1. The molecular weight excluding hydrogens is 550 g/mol. The van der Waals surface area contributed by atoms with Gasteiger partial charge in [-0.3, -0.25) is 4.79 Å². The van der Waals surface area contributed by atoms with Crippen molar-refractivity contribution in [1.82, 2.24) is 19.7 Å². The molecule has 2 aliphatic heterocycles. The Morgan fingerprint density at radius 2 is 1.88 bits per heavy atom. The van der Waals surface area contributed by atoms with Crippen LogP contribution in [0.5, 0.6) is 11.5 Å². The zero-order valence-electron chi connectivity index (χ0n) is 25.4. The molecule has 11 heteroatoms. The number of likely N-dealkylation sites (tertiary alicyclic amines) is 1. The molecule has 11 nitrogen and oxygen atoms in total. The number of aromatic nitrogens is 3. The molecule has 43 heavy (non-hydrogen) atoms. The highest BCUT2D eigenvalue weighted by molar-refractivity contribution is 6.04. The van der Waals surface area contributed by atoms with Gasteiger partial charge in [-0.15, -0.1) is 0 Å². The maximum absolute atomic E-state index is 13.2. The van der Waals surface area contributed by atoms with Gasteiger partial charge in [-0.25, -0.2) is 14.5 Å². The summed E-state index contributed by atoms with van der Waals surface area (Å²) in [5, 5.41) is 7.37. The third-order valence-corrected chi connectivity index (χ3v) is 7.52. The van der Waals surface area contributed by atoms with Crippen LogP contribution in [0, 0.1) is 5.92 Å². The molecule has 0 saturated carbocycles. The van der Waals surface area contributed by atoms with E-state index in [9.17, 15) is 9.59 Å². The SMILES string of the molecule is COc1cc(OCC2CCN(C(=O)OC(C)(C)C)CC2)ccc1NC(=O)c1cccc(-c2ccnn2C2CCCCO2)n1.